The van der Waals surface area contributed by atoms with E-state index in [-0.39, 0.29) is 11.9 Å². The number of fused-ring (bicyclic) bond motifs is 1. The Labute approximate surface area is 149 Å². The predicted octanol–water partition coefficient (Wildman–Crippen LogP) is 5.00. The number of thioether (sulfide) groups is 1. The molecule has 1 aliphatic rings. The molecule has 1 saturated heterocycles. The SMILES string of the molecule is CSc1ccccc1C(=O)N1CCCC1c1nc2ccccc2s1. The number of nitrogens with zero attached hydrogens (tertiary/aromatic N) is 2. The Morgan fingerprint density at radius 3 is 2.83 bits per heavy atom. The first-order valence-electron chi connectivity index (χ1n) is 8.07. The Morgan fingerprint density at radius 2 is 2.00 bits per heavy atom. The van der Waals surface area contributed by atoms with Crippen LogP contribution in [0.15, 0.2) is 53.4 Å². The molecule has 0 saturated carbocycles. The quantitative estimate of drug-likeness (QED) is 0.621. The van der Waals surface area contributed by atoms with E-state index in [1.54, 1.807) is 23.1 Å². The van der Waals surface area contributed by atoms with Gasteiger partial charge in [0, 0.05) is 11.4 Å². The van der Waals surface area contributed by atoms with Crippen LogP contribution in [0.3, 0.4) is 0 Å². The molecule has 1 atom stereocenters. The molecule has 3 aromatic rings. The fourth-order valence-electron chi connectivity index (χ4n) is 3.28. The van der Waals surface area contributed by atoms with Crippen molar-refractivity contribution >= 4 is 39.2 Å². The molecule has 0 radical (unpaired) electrons. The summed E-state index contributed by atoms with van der Waals surface area (Å²) in [6.45, 7) is 0.808. The number of para-hydroxylation sites is 1. The third-order valence-corrected chi connectivity index (χ3v) is 6.38. The first kappa shape index (κ1) is 15.7. The van der Waals surface area contributed by atoms with Crippen molar-refractivity contribution in [1.29, 1.82) is 0 Å². The Bertz CT molecular complexity index is 857. The zero-order valence-electron chi connectivity index (χ0n) is 13.4. The van der Waals surface area contributed by atoms with Crippen LogP contribution in [-0.4, -0.2) is 28.6 Å². The van der Waals surface area contributed by atoms with Crippen LogP contribution in [0.4, 0.5) is 0 Å². The third-order valence-electron chi connectivity index (χ3n) is 4.45. The van der Waals surface area contributed by atoms with Crippen molar-refractivity contribution in [3.63, 3.8) is 0 Å². The number of hydrogen-bond donors (Lipinski definition) is 0. The van der Waals surface area contributed by atoms with Gasteiger partial charge in [0.15, 0.2) is 0 Å². The lowest BCUT2D eigenvalue weighted by molar-refractivity contribution is 0.0732. The molecule has 0 spiro atoms. The van der Waals surface area contributed by atoms with E-state index < -0.39 is 0 Å². The predicted molar refractivity (Wildman–Crippen MR) is 101 cm³/mol. The Morgan fingerprint density at radius 1 is 1.21 bits per heavy atom. The first-order chi connectivity index (χ1) is 11.8. The van der Waals surface area contributed by atoms with Gasteiger partial charge in [0.1, 0.15) is 5.01 Å². The molecule has 24 heavy (non-hydrogen) atoms. The summed E-state index contributed by atoms with van der Waals surface area (Å²) in [4.78, 5) is 20.9. The zero-order chi connectivity index (χ0) is 16.5. The van der Waals surface area contributed by atoms with Gasteiger partial charge in [-0.2, -0.15) is 0 Å². The molecule has 0 bridgehead atoms. The largest absolute Gasteiger partial charge is 0.329 e. The number of carbonyl (C=O) groups is 1. The number of likely N-dealkylation sites (tertiary alicyclic amines) is 1. The van der Waals surface area contributed by atoms with Gasteiger partial charge in [-0.05, 0) is 43.4 Å². The van der Waals surface area contributed by atoms with Crippen molar-refractivity contribution in [3.05, 3.63) is 59.1 Å². The van der Waals surface area contributed by atoms with Crippen LogP contribution in [0.25, 0.3) is 10.2 Å². The second kappa shape index (κ2) is 6.57. The number of carbonyl (C=O) groups excluding carboxylic acids is 1. The molecule has 122 valence electrons. The number of rotatable bonds is 3. The lowest BCUT2D eigenvalue weighted by atomic mass is 10.1. The van der Waals surface area contributed by atoms with E-state index in [1.807, 2.05) is 53.6 Å². The highest BCUT2D eigenvalue weighted by atomic mass is 32.2. The van der Waals surface area contributed by atoms with Crippen molar-refractivity contribution in [1.82, 2.24) is 9.88 Å². The summed E-state index contributed by atoms with van der Waals surface area (Å²) < 4.78 is 1.19. The van der Waals surface area contributed by atoms with Crippen molar-refractivity contribution in [3.8, 4) is 0 Å². The Balaban J connectivity index is 1.68. The topological polar surface area (TPSA) is 33.2 Å². The summed E-state index contributed by atoms with van der Waals surface area (Å²) in [5.41, 5.74) is 1.83. The minimum Gasteiger partial charge on any atom is -0.329 e. The molecule has 0 aliphatic carbocycles. The monoisotopic (exact) mass is 354 g/mol. The van der Waals surface area contributed by atoms with Gasteiger partial charge in [0.25, 0.3) is 5.91 Å². The highest BCUT2D eigenvalue weighted by Gasteiger charge is 2.33. The fraction of sp³-hybridized carbons (Fsp3) is 0.263. The van der Waals surface area contributed by atoms with Gasteiger partial charge in [0.2, 0.25) is 0 Å². The van der Waals surface area contributed by atoms with E-state index in [0.717, 1.165) is 40.4 Å². The van der Waals surface area contributed by atoms with E-state index in [2.05, 4.69) is 6.07 Å². The van der Waals surface area contributed by atoms with E-state index in [0.29, 0.717) is 0 Å². The molecule has 1 aromatic heterocycles. The summed E-state index contributed by atoms with van der Waals surface area (Å²) >= 11 is 3.33. The van der Waals surface area contributed by atoms with Crippen LogP contribution in [0, 0.1) is 0 Å². The van der Waals surface area contributed by atoms with Gasteiger partial charge >= 0.3 is 0 Å². The number of thiazole rings is 1. The molecule has 2 heterocycles. The molecule has 4 rings (SSSR count). The molecule has 1 fully saturated rings. The fourth-order valence-corrected chi connectivity index (χ4v) is 4.98. The normalized spacial score (nSPS) is 17.5. The van der Waals surface area contributed by atoms with Crippen molar-refractivity contribution in [2.45, 2.75) is 23.8 Å². The highest BCUT2D eigenvalue weighted by molar-refractivity contribution is 7.98. The first-order valence-corrected chi connectivity index (χ1v) is 10.1. The molecule has 0 N–H and O–H groups in total. The van der Waals surface area contributed by atoms with Crippen molar-refractivity contribution in [2.75, 3.05) is 12.8 Å². The molecule has 1 aliphatic heterocycles. The summed E-state index contributed by atoms with van der Waals surface area (Å²) in [6, 6.07) is 16.2. The molecular formula is C19H18N2OS2. The van der Waals surface area contributed by atoms with E-state index in [1.165, 1.54) is 4.70 Å². The average molecular weight is 354 g/mol. The lowest BCUT2D eigenvalue weighted by Gasteiger charge is -2.24. The molecule has 5 heteroatoms. The summed E-state index contributed by atoms with van der Waals surface area (Å²) in [5, 5.41) is 1.06. The van der Waals surface area contributed by atoms with Crippen LogP contribution in [-0.2, 0) is 0 Å². The molecule has 1 amide bonds. The van der Waals surface area contributed by atoms with E-state index in [4.69, 9.17) is 4.98 Å². The molecule has 1 unspecified atom stereocenters. The van der Waals surface area contributed by atoms with Gasteiger partial charge < -0.3 is 4.90 Å². The van der Waals surface area contributed by atoms with Crippen LogP contribution in [0.5, 0.6) is 0 Å². The zero-order valence-corrected chi connectivity index (χ0v) is 15.1. The van der Waals surface area contributed by atoms with Gasteiger partial charge in [0.05, 0.1) is 21.8 Å². The van der Waals surface area contributed by atoms with Crippen molar-refractivity contribution < 1.29 is 4.79 Å². The summed E-state index contributed by atoms with van der Waals surface area (Å²) in [5.74, 6) is 0.127. The van der Waals surface area contributed by atoms with Crippen LogP contribution in [0.1, 0.15) is 34.2 Å². The highest BCUT2D eigenvalue weighted by Crippen LogP contribution is 2.38. The minimum absolute atomic E-state index is 0.102. The maximum Gasteiger partial charge on any atom is 0.255 e. The van der Waals surface area contributed by atoms with E-state index in [9.17, 15) is 4.79 Å². The maximum absolute atomic E-state index is 13.1. The standard InChI is InChI=1S/C19H18N2OS2/c1-23-16-10-4-2-7-13(16)19(22)21-12-6-9-15(21)18-20-14-8-3-5-11-17(14)24-18/h2-5,7-8,10-11,15H,6,9,12H2,1H3. The third kappa shape index (κ3) is 2.72. The van der Waals surface area contributed by atoms with E-state index >= 15 is 0 Å². The van der Waals surface area contributed by atoms with Crippen LogP contribution >= 0.6 is 23.1 Å². The van der Waals surface area contributed by atoms with Gasteiger partial charge in [-0.3, -0.25) is 4.79 Å². The number of hydrogen-bond acceptors (Lipinski definition) is 4. The van der Waals surface area contributed by atoms with Crippen LogP contribution in [0.2, 0.25) is 0 Å². The second-order valence-corrected chi connectivity index (χ2v) is 7.79. The second-order valence-electron chi connectivity index (χ2n) is 5.88. The Kier molecular flexibility index (Phi) is 4.29. The number of aromatic nitrogens is 1. The minimum atomic E-state index is 0.102. The lowest BCUT2D eigenvalue weighted by Crippen LogP contribution is -2.30. The van der Waals surface area contributed by atoms with Gasteiger partial charge in [-0.1, -0.05) is 24.3 Å². The summed E-state index contributed by atoms with van der Waals surface area (Å²) in [6.07, 6.45) is 4.04. The Hall–Kier alpha value is -1.85. The van der Waals surface area contributed by atoms with Gasteiger partial charge in [-0.25, -0.2) is 4.98 Å². The maximum atomic E-state index is 13.1. The molecule has 2 aromatic carbocycles. The van der Waals surface area contributed by atoms with Gasteiger partial charge in [-0.15, -0.1) is 23.1 Å². The smallest absolute Gasteiger partial charge is 0.255 e. The average Bonchev–Trinajstić information content (AvgIpc) is 3.27. The number of benzene rings is 2. The number of amides is 1. The molecule has 3 nitrogen and oxygen atoms in total. The molecular weight excluding hydrogens is 336 g/mol. The van der Waals surface area contributed by atoms with Crippen molar-refractivity contribution in [2.24, 2.45) is 0 Å². The van der Waals surface area contributed by atoms with Crippen LogP contribution < -0.4 is 0 Å². The summed E-state index contributed by atoms with van der Waals surface area (Å²) in [7, 11) is 0.